The Kier molecular flexibility index (Phi) is 24.6. The summed E-state index contributed by atoms with van der Waals surface area (Å²) < 4.78 is 10.3. The van der Waals surface area contributed by atoms with E-state index >= 15 is 0 Å². The summed E-state index contributed by atoms with van der Waals surface area (Å²) in [4.78, 5) is 0. The van der Waals surface area contributed by atoms with E-state index < -0.39 is 0 Å². The van der Waals surface area contributed by atoms with Crippen molar-refractivity contribution in [2.45, 2.75) is 40.0 Å². The van der Waals surface area contributed by atoms with Crippen LogP contribution in [0.2, 0.25) is 0 Å². The van der Waals surface area contributed by atoms with Crippen LogP contribution in [0.5, 0.6) is 0 Å². The van der Waals surface area contributed by atoms with Gasteiger partial charge >= 0.3 is 23.1 Å². The molecule has 0 bridgehead atoms. The van der Waals surface area contributed by atoms with E-state index in [4.69, 9.17) is 9.47 Å². The molecule has 0 aliphatic heterocycles. The Morgan fingerprint density at radius 1 is 1.27 bits per heavy atom. The summed E-state index contributed by atoms with van der Waals surface area (Å²) in [6.45, 7) is 8.38. The Morgan fingerprint density at radius 3 is 2.47 bits per heavy atom. The van der Waals surface area contributed by atoms with Crippen molar-refractivity contribution in [1.29, 1.82) is 0 Å². The maximum atomic E-state index is 5.27. The summed E-state index contributed by atoms with van der Waals surface area (Å²) in [6.07, 6.45) is 5.83. The van der Waals surface area contributed by atoms with Crippen molar-refractivity contribution < 1.29 is 21.9 Å². The first kappa shape index (κ1) is 21.3. The third kappa shape index (κ3) is 17.6. The molecule has 0 saturated heterocycles. The number of ether oxygens (including phenoxy) is 2. The third-order valence-corrected chi connectivity index (χ3v) is 1.99. The summed E-state index contributed by atoms with van der Waals surface area (Å²) in [5, 5.41) is 0. The summed E-state index contributed by atoms with van der Waals surface area (Å²) in [5.41, 5.74) is 0. The molecule has 2 nitrogen and oxygen atoms in total. The van der Waals surface area contributed by atoms with Crippen molar-refractivity contribution in [3.63, 3.8) is 0 Å². The molecule has 0 aromatic carbocycles. The molecule has 1 atom stereocenters. The van der Waals surface area contributed by atoms with Crippen molar-refractivity contribution in [2.24, 2.45) is 5.92 Å². The predicted octanol–water partition coefficient (Wildman–Crippen LogP) is -0.349. The van der Waals surface area contributed by atoms with Gasteiger partial charge in [-0.25, -0.2) is 0 Å². The van der Waals surface area contributed by atoms with Gasteiger partial charge in [0.15, 0.2) is 0 Å². The van der Waals surface area contributed by atoms with Gasteiger partial charge in [0.2, 0.25) is 0 Å². The minimum absolute atomic E-state index is 0. The van der Waals surface area contributed by atoms with Crippen LogP contribution in [0, 0.1) is 12.3 Å². The van der Waals surface area contributed by atoms with Crippen LogP contribution in [0.1, 0.15) is 40.0 Å². The van der Waals surface area contributed by atoms with Crippen molar-refractivity contribution >= 4 is 23.1 Å². The second kappa shape index (κ2) is 17.4. The Bertz CT molecular complexity index is 105. The Morgan fingerprint density at radius 2 is 1.93 bits per heavy atom. The smallest absolute Gasteiger partial charge is 1.00 e. The maximum absolute atomic E-state index is 5.27. The van der Waals surface area contributed by atoms with Crippen LogP contribution >= 0.6 is 0 Å². The van der Waals surface area contributed by atoms with E-state index in [0.29, 0.717) is 6.79 Å². The fourth-order valence-corrected chi connectivity index (χ4v) is 1.26. The second-order valence-corrected chi connectivity index (χ2v) is 3.41. The molecule has 0 fully saturated rings. The standard InChI is InChI=1S/C11H23O2.ClH.Mg/c1-4-7-11(3)8-6-9-13-10-12-5-2;;/h4,11H,5-10H2,1-3H3;1H;/q-1;;+2/p-1. The summed E-state index contributed by atoms with van der Waals surface area (Å²) in [7, 11) is 0. The normalized spacial score (nSPS) is 11.4. The molecule has 0 amide bonds. The molecule has 0 rings (SSSR count). The van der Waals surface area contributed by atoms with Gasteiger partial charge < -0.3 is 28.3 Å². The number of rotatable bonds is 9. The van der Waals surface area contributed by atoms with Gasteiger partial charge in [-0.15, -0.1) is 0 Å². The van der Waals surface area contributed by atoms with E-state index in [0.717, 1.165) is 25.6 Å². The van der Waals surface area contributed by atoms with Gasteiger partial charge in [-0.05, 0) is 13.3 Å². The van der Waals surface area contributed by atoms with Gasteiger partial charge in [-0.1, -0.05) is 19.3 Å². The zero-order chi connectivity index (χ0) is 9.94. The van der Waals surface area contributed by atoms with Crippen molar-refractivity contribution in [3.05, 3.63) is 6.42 Å². The van der Waals surface area contributed by atoms with Crippen LogP contribution in [0.15, 0.2) is 0 Å². The number of hydrogen-bond acceptors (Lipinski definition) is 2. The van der Waals surface area contributed by atoms with Crippen molar-refractivity contribution in [2.75, 3.05) is 20.0 Å². The van der Waals surface area contributed by atoms with Crippen molar-refractivity contribution in [3.8, 4) is 0 Å². The molecular weight excluding hydrogens is 224 g/mol. The van der Waals surface area contributed by atoms with E-state index in [-0.39, 0.29) is 35.5 Å². The quantitative estimate of drug-likeness (QED) is 0.240. The molecule has 1 unspecified atom stereocenters. The van der Waals surface area contributed by atoms with Gasteiger partial charge in [-0.3, -0.25) is 0 Å². The Hall–Kier alpha value is 0.976. The molecule has 0 N–H and O–H groups in total. The van der Waals surface area contributed by atoms with Gasteiger partial charge in [0.1, 0.15) is 6.79 Å². The van der Waals surface area contributed by atoms with E-state index in [2.05, 4.69) is 20.3 Å². The van der Waals surface area contributed by atoms with Crippen LogP contribution in [0.4, 0.5) is 0 Å². The zero-order valence-corrected chi connectivity index (χ0v) is 12.5. The van der Waals surface area contributed by atoms with E-state index in [1.54, 1.807) is 0 Å². The van der Waals surface area contributed by atoms with E-state index in [1.165, 1.54) is 12.8 Å². The summed E-state index contributed by atoms with van der Waals surface area (Å²) in [6, 6.07) is 0. The minimum atomic E-state index is 0. The van der Waals surface area contributed by atoms with E-state index in [1.807, 2.05) is 6.92 Å². The fraction of sp³-hybridized carbons (Fsp3) is 0.909. The number of halogens is 1. The molecule has 15 heavy (non-hydrogen) atoms. The molecule has 88 valence electrons. The van der Waals surface area contributed by atoms with Crippen LogP contribution in [-0.4, -0.2) is 43.1 Å². The maximum Gasteiger partial charge on any atom is 2.00 e. The molecule has 0 aromatic heterocycles. The average Bonchev–Trinajstić information content (AvgIpc) is 2.11. The zero-order valence-electron chi connectivity index (χ0n) is 10.3. The molecule has 4 heteroatoms. The topological polar surface area (TPSA) is 18.5 Å². The molecule has 0 radical (unpaired) electrons. The van der Waals surface area contributed by atoms with Gasteiger partial charge in [0.25, 0.3) is 0 Å². The van der Waals surface area contributed by atoms with Gasteiger partial charge in [0, 0.05) is 13.2 Å². The van der Waals surface area contributed by atoms with Crippen LogP contribution in [-0.2, 0) is 9.47 Å². The summed E-state index contributed by atoms with van der Waals surface area (Å²) in [5.74, 6) is 0.792. The van der Waals surface area contributed by atoms with Crippen LogP contribution < -0.4 is 12.4 Å². The third-order valence-electron chi connectivity index (χ3n) is 1.99. The first-order chi connectivity index (χ1) is 6.31. The van der Waals surface area contributed by atoms with Crippen molar-refractivity contribution in [1.82, 2.24) is 0 Å². The summed E-state index contributed by atoms with van der Waals surface area (Å²) >= 11 is 0. The Labute approximate surface area is 117 Å². The fourth-order valence-electron chi connectivity index (χ4n) is 1.26. The number of hydrogen-bond donors (Lipinski definition) is 0. The van der Waals surface area contributed by atoms with Gasteiger partial charge in [0.05, 0.1) is 0 Å². The SMILES string of the molecule is C[CH-]CC(C)CCCOCOCC.[Cl-].[Mg+2]. The minimum Gasteiger partial charge on any atom is -1.00 e. The Balaban J connectivity index is -0.000000720. The van der Waals surface area contributed by atoms with Crippen LogP contribution in [0.25, 0.3) is 0 Å². The van der Waals surface area contributed by atoms with Crippen LogP contribution in [0.3, 0.4) is 0 Å². The first-order valence-corrected chi connectivity index (χ1v) is 5.24. The molecule has 0 aliphatic rings. The van der Waals surface area contributed by atoms with E-state index in [9.17, 15) is 0 Å². The second-order valence-electron chi connectivity index (χ2n) is 3.41. The molecule has 0 spiro atoms. The largest absolute Gasteiger partial charge is 2.00 e. The molecule has 0 saturated carbocycles. The van der Waals surface area contributed by atoms with Gasteiger partial charge in [-0.2, -0.15) is 13.3 Å². The molecule has 0 heterocycles. The first-order valence-electron chi connectivity index (χ1n) is 5.24. The molecular formula is C11H23ClMgO2. The molecule has 0 aliphatic carbocycles. The molecule has 0 aromatic rings. The monoisotopic (exact) mass is 246 g/mol. The average molecular weight is 247 g/mol. The predicted molar refractivity (Wildman–Crippen MR) is 61.2 cm³/mol.